The van der Waals surface area contributed by atoms with Crippen LogP contribution in [0.2, 0.25) is 0 Å². The van der Waals surface area contributed by atoms with Crippen LogP contribution < -0.4 is 4.40 Å². The molecule has 3 nitrogen and oxygen atoms in total. The Bertz CT molecular complexity index is 554. The fraction of sp³-hybridized carbons (Fsp3) is 0. The second-order valence-electron chi connectivity index (χ2n) is 3.27. The zero-order valence-electron chi connectivity index (χ0n) is 8.00. The van der Waals surface area contributed by atoms with Crippen molar-refractivity contribution in [2.24, 2.45) is 0 Å². The minimum atomic E-state index is 0.608. The zero-order chi connectivity index (χ0) is 10.1. The van der Waals surface area contributed by atoms with Gasteiger partial charge in [-0.15, -0.1) is 0 Å². The summed E-state index contributed by atoms with van der Waals surface area (Å²) >= 11 is 0. The molecule has 0 spiro atoms. The van der Waals surface area contributed by atoms with Crippen molar-refractivity contribution in [2.75, 3.05) is 0 Å². The van der Waals surface area contributed by atoms with Gasteiger partial charge in [-0.1, -0.05) is 30.3 Å². The van der Waals surface area contributed by atoms with E-state index in [0.717, 1.165) is 11.3 Å². The first kappa shape index (κ1) is 8.17. The van der Waals surface area contributed by atoms with Crippen LogP contribution in [0.5, 0.6) is 0 Å². The molecule has 0 saturated heterocycles. The molecule has 72 valence electrons. The van der Waals surface area contributed by atoms with E-state index in [0.29, 0.717) is 5.84 Å². The second kappa shape index (κ2) is 3.20. The fourth-order valence-corrected chi connectivity index (χ4v) is 1.53. The van der Waals surface area contributed by atoms with Gasteiger partial charge in [0, 0.05) is 11.6 Å². The quantitative estimate of drug-likeness (QED) is 0.559. The molecule has 0 N–H and O–H groups in total. The standard InChI is InChI=1S/C12H9N2O/c1-2-5-10(6-3-1)11-9-14-8-4-7-13-12(14)15-11/h1-9H/q+1. The first-order valence-corrected chi connectivity index (χ1v) is 4.75. The van der Waals surface area contributed by atoms with Crippen LogP contribution in [0.3, 0.4) is 0 Å². The molecule has 3 rings (SSSR count). The molecule has 0 atom stereocenters. The number of hydrogen-bond donors (Lipinski definition) is 0. The van der Waals surface area contributed by atoms with Crippen molar-refractivity contribution in [3.63, 3.8) is 0 Å². The lowest BCUT2D eigenvalue weighted by molar-refractivity contribution is -0.516. The maximum absolute atomic E-state index is 5.61. The highest BCUT2D eigenvalue weighted by molar-refractivity contribution is 5.55. The van der Waals surface area contributed by atoms with E-state index in [1.165, 1.54) is 0 Å². The van der Waals surface area contributed by atoms with Gasteiger partial charge in [-0.3, -0.25) is 0 Å². The van der Waals surface area contributed by atoms with Crippen molar-refractivity contribution in [1.82, 2.24) is 4.98 Å². The van der Waals surface area contributed by atoms with E-state index >= 15 is 0 Å². The van der Waals surface area contributed by atoms with Crippen molar-refractivity contribution in [2.45, 2.75) is 0 Å². The molecular weight excluding hydrogens is 188 g/mol. The number of oxazole rings is 1. The van der Waals surface area contributed by atoms with Crippen LogP contribution in [-0.4, -0.2) is 4.98 Å². The molecule has 2 aromatic heterocycles. The van der Waals surface area contributed by atoms with Gasteiger partial charge in [0.2, 0.25) is 0 Å². The Hall–Kier alpha value is -2.16. The molecule has 3 aromatic rings. The van der Waals surface area contributed by atoms with Gasteiger partial charge >= 0.3 is 5.84 Å². The van der Waals surface area contributed by atoms with E-state index in [1.807, 2.05) is 53.2 Å². The third-order valence-corrected chi connectivity index (χ3v) is 2.25. The molecule has 0 aliphatic heterocycles. The molecule has 3 heteroatoms. The average Bonchev–Trinajstić information content (AvgIpc) is 2.74. The van der Waals surface area contributed by atoms with Gasteiger partial charge in [-0.2, -0.15) is 4.40 Å². The van der Waals surface area contributed by atoms with E-state index in [4.69, 9.17) is 4.42 Å². The van der Waals surface area contributed by atoms with Crippen molar-refractivity contribution in [3.8, 4) is 11.3 Å². The van der Waals surface area contributed by atoms with Crippen molar-refractivity contribution < 1.29 is 8.82 Å². The Balaban J connectivity index is 2.21. The number of hydrogen-bond acceptors (Lipinski definition) is 2. The van der Waals surface area contributed by atoms with Crippen LogP contribution in [0.15, 0.2) is 59.4 Å². The van der Waals surface area contributed by atoms with Gasteiger partial charge < -0.3 is 4.42 Å². The summed E-state index contributed by atoms with van der Waals surface area (Å²) in [7, 11) is 0. The molecule has 15 heavy (non-hydrogen) atoms. The number of rotatable bonds is 1. The van der Waals surface area contributed by atoms with Gasteiger partial charge in [0.1, 0.15) is 18.6 Å². The second-order valence-corrected chi connectivity index (χ2v) is 3.27. The van der Waals surface area contributed by atoms with Crippen molar-refractivity contribution in [1.29, 1.82) is 0 Å². The normalized spacial score (nSPS) is 10.7. The SMILES string of the molecule is c1ccc(-c2c[n+]3cccnc3o2)cc1. The summed E-state index contributed by atoms with van der Waals surface area (Å²) in [5.74, 6) is 1.44. The van der Waals surface area contributed by atoms with Gasteiger partial charge in [-0.05, 0) is 4.98 Å². The summed E-state index contributed by atoms with van der Waals surface area (Å²) in [4.78, 5) is 4.12. The van der Waals surface area contributed by atoms with Crippen LogP contribution in [0.4, 0.5) is 0 Å². The first-order valence-electron chi connectivity index (χ1n) is 4.75. The van der Waals surface area contributed by atoms with Crippen LogP contribution in [0, 0.1) is 0 Å². The lowest BCUT2D eigenvalue weighted by Gasteiger charge is -1.90. The van der Waals surface area contributed by atoms with E-state index in [1.54, 1.807) is 6.20 Å². The van der Waals surface area contributed by atoms with Crippen molar-refractivity contribution in [3.05, 3.63) is 55.0 Å². The molecule has 2 heterocycles. The van der Waals surface area contributed by atoms with Gasteiger partial charge in [0.15, 0.2) is 5.76 Å². The monoisotopic (exact) mass is 197 g/mol. The Morgan fingerprint density at radius 1 is 1.07 bits per heavy atom. The molecule has 0 aliphatic rings. The Morgan fingerprint density at radius 2 is 1.93 bits per heavy atom. The highest BCUT2D eigenvalue weighted by atomic mass is 16.4. The van der Waals surface area contributed by atoms with Crippen LogP contribution in [0.25, 0.3) is 17.2 Å². The minimum Gasteiger partial charge on any atom is -0.384 e. The van der Waals surface area contributed by atoms with E-state index in [9.17, 15) is 0 Å². The van der Waals surface area contributed by atoms with E-state index < -0.39 is 0 Å². The smallest absolute Gasteiger partial charge is 0.384 e. The Labute approximate surface area is 86.6 Å². The fourth-order valence-electron chi connectivity index (χ4n) is 1.53. The minimum absolute atomic E-state index is 0.608. The molecule has 0 amide bonds. The Kier molecular flexibility index (Phi) is 1.75. The largest absolute Gasteiger partial charge is 0.508 e. The molecule has 0 fully saturated rings. The van der Waals surface area contributed by atoms with E-state index in [-0.39, 0.29) is 0 Å². The molecule has 0 bridgehead atoms. The van der Waals surface area contributed by atoms with Crippen molar-refractivity contribution >= 4 is 5.84 Å². The lowest BCUT2D eigenvalue weighted by Crippen LogP contribution is -2.17. The molecule has 0 unspecified atom stereocenters. The zero-order valence-corrected chi connectivity index (χ0v) is 8.00. The summed E-state index contributed by atoms with van der Waals surface area (Å²) in [5, 5.41) is 0. The third kappa shape index (κ3) is 1.38. The summed E-state index contributed by atoms with van der Waals surface area (Å²) in [6, 6.07) is 11.9. The molecular formula is C12H9N2O+. The van der Waals surface area contributed by atoms with Gasteiger partial charge in [0.05, 0.1) is 0 Å². The van der Waals surface area contributed by atoms with Crippen LogP contribution in [0.1, 0.15) is 0 Å². The summed E-state index contributed by atoms with van der Waals surface area (Å²) in [6.07, 6.45) is 5.56. The predicted octanol–water partition coefficient (Wildman–Crippen LogP) is 2.08. The maximum atomic E-state index is 5.61. The van der Waals surface area contributed by atoms with Gasteiger partial charge in [-0.25, -0.2) is 0 Å². The molecule has 0 saturated carbocycles. The topological polar surface area (TPSA) is 30.1 Å². The predicted molar refractivity (Wildman–Crippen MR) is 55.1 cm³/mol. The number of benzene rings is 1. The first-order chi connectivity index (χ1) is 7.43. The molecule has 1 aromatic carbocycles. The third-order valence-electron chi connectivity index (χ3n) is 2.25. The highest BCUT2D eigenvalue weighted by Gasteiger charge is 2.11. The Morgan fingerprint density at radius 3 is 2.73 bits per heavy atom. The van der Waals surface area contributed by atoms with Gasteiger partial charge in [0.25, 0.3) is 0 Å². The van der Waals surface area contributed by atoms with E-state index in [2.05, 4.69) is 4.98 Å². The number of aromatic nitrogens is 2. The van der Waals surface area contributed by atoms with Crippen LogP contribution in [-0.2, 0) is 0 Å². The summed E-state index contributed by atoms with van der Waals surface area (Å²) in [5.41, 5.74) is 1.06. The summed E-state index contributed by atoms with van der Waals surface area (Å²) < 4.78 is 7.47. The highest BCUT2D eigenvalue weighted by Crippen LogP contribution is 2.18. The number of fused-ring (bicyclic) bond motifs is 1. The van der Waals surface area contributed by atoms with Crippen LogP contribution >= 0.6 is 0 Å². The molecule has 0 radical (unpaired) electrons. The number of nitrogens with zero attached hydrogens (tertiary/aromatic N) is 2. The lowest BCUT2D eigenvalue weighted by atomic mass is 10.2. The molecule has 0 aliphatic carbocycles. The average molecular weight is 197 g/mol. The summed E-state index contributed by atoms with van der Waals surface area (Å²) in [6.45, 7) is 0. The maximum Gasteiger partial charge on any atom is 0.508 e.